The Hall–Kier alpha value is -1.69. The highest BCUT2D eigenvalue weighted by molar-refractivity contribution is 5.98. The second-order valence-electron chi connectivity index (χ2n) is 3.81. The summed E-state index contributed by atoms with van der Waals surface area (Å²) in [5, 5.41) is 8.50. The minimum absolute atomic E-state index is 0.00653. The number of aryl methyl sites for hydroxylation is 1. The Morgan fingerprint density at radius 3 is 3.27 bits per heavy atom. The summed E-state index contributed by atoms with van der Waals surface area (Å²) in [6.07, 6.45) is 4.55. The van der Waals surface area contributed by atoms with Crippen molar-refractivity contribution in [2.75, 3.05) is 0 Å². The molecule has 0 fully saturated rings. The van der Waals surface area contributed by atoms with E-state index in [1.807, 2.05) is 12.1 Å². The number of nitriles is 1. The van der Waals surface area contributed by atoms with Gasteiger partial charge < -0.3 is 0 Å². The van der Waals surface area contributed by atoms with Crippen molar-refractivity contribution in [2.45, 2.75) is 25.7 Å². The maximum Gasteiger partial charge on any atom is 0.184 e. The lowest BCUT2D eigenvalue weighted by molar-refractivity contribution is 0.0890. The molecule has 0 saturated heterocycles. The number of Topliss-reactive ketones (excluding diaryl/α,β-unsaturated/α-hetero) is 1. The van der Waals surface area contributed by atoms with Crippen LogP contribution >= 0.6 is 0 Å². The highest BCUT2D eigenvalue weighted by Crippen LogP contribution is 2.26. The van der Waals surface area contributed by atoms with Gasteiger partial charge in [0.2, 0.25) is 0 Å². The average Bonchev–Trinajstić information content (AvgIpc) is 2.29. The lowest BCUT2D eigenvalue weighted by Gasteiger charge is -2.21. The van der Waals surface area contributed by atoms with Crippen molar-refractivity contribution >= 4 is 5.78 Å². The van der Waals surface area contributed by atoms with Gasteiger partial charge in [0.25, 0.3) is 0 Å². The maximum atomic E-state index is 12.0. The zero-order valence-corrected chi connectivity index (χ0v) is 8.44. The van der Waals surface area contributed by atoms with E-state index in [1.165, 1.54) is 0 Å². The second kappa shape index (κ2) is 4.22. The molecule has 76 valence electrons. The molecule has 3 heteroatoms. The molecule has 2 rings (SSSR count). The quantitative estimate of drug-likeness (QED) is 0.734. The first-order valence-electron chi connectivity index (χ1n) is 5.18. The van der Waals surface area contributed by atoms with E-state index >= 15 is 0 Å². The highest BCUT2D eigenvalue weighted by Gasteiger charge is 2.27. The third kappa shape index (κ3) is 1.89. The van der Waals surface area contributed by atoms with Gasteiger partial charge in [-0.05, 0) is 30.9 Å². The Morgan fingerprint density at radius 1 is 1.60 bits per heavy atom. The van der Waals surface area contributed by atoms with Crippen LogP contribution in [0.15, 0.2) is 18.3 Å². The highest BCUT2D eigenvalue weighted by atomic mass is 16.1. The molecule has 0 N–H and O–H groups in total. The zero-order valence-electron chi connectivity index (χ0n) is 8.44. The summed E-state index contributed by atoms with van der Waals surface area (Å²) in [5.41, 5.74) is 1.67. The predicted octanol–water partition coefficient (Wildman–Crippen LogP) is 2.13. The first-order chi connectivity index (χ1) is 7.33. The zero-order chi connectivity index (χ0) is 10.7. The summed E-state index contributed by atoms with van der Waals surface area (Å²) in [5.74, 6) is 0.124. The van der Waals surface area contributed by atoms with Crippen molar-refractivity contribution < 1.29 is 4.79 Å². The molecule has 0 amide bonds. The number of pyridine rings is 1. The maximum absolute atomic E-state index is 12.0. The molecule has 0 aliphatic heterocycles. The third-order valence-corrected chi connectivity index (χ3v) is 2.86. The molecular weight excluding hydrogens is 188 g/mol. The van der Waals surface area contributed by atoms with Gasteiger partial charge >= 0.3 is 0 Å². The van der Waals surface area contributed by atoms with Crippen LogP contribution in [0.4, 0.5) is 0 Å². The molecule has 1 atom stereocenters. The van der Waals surface area contributed by atoms with Crippen molar-refractivity contribution in [2.24, 2.45) is 5.92 Å². The van der Waals surface area contributed by atoms with E-state index in [0.29, 0.717) is 18.5 Å². The van der Waals surface area contributed by atoms with Crippen LogP contribution in [0.3, 0.4) is 0 Å². The first kappa shape index (κ1) is 9.85. The molecule has 1 aromatic heterocycles. The van der Waals surface area contributed by atoms with E-state index in [-0.39, 0.29) is 11.7 Å². The number of hydrogen-bond donors (Lipinski definition) is 0. The van der Waals surface area contributed by atoms with Crippen molar-refractivity contribution in [3.8, 4) is 6.07 Å². The Balaban J connectivity index is 2.19. The first-order valence-corrected chi connectivity index (χ1v) is 5.18. The van der Waals surface area contributed by atoms with Gasteiger partial charge in [0, 0.05) is 18.5 Å². The lowest BCUT2D eigenvalue weighted by atomic mass is 9.83. The van der Waals surface area contributed by atoms with Crippen molar-refractivity contribution in [3.63, 3.8) is 0 Å². The summed E-state index contributed by atoms with van der Waals surface area (Å²) < 4.78 is 0. The normalized spacial score (nSPS) is 19.4. The Bertz CT molecular complexity index is 420. The van der Waals surface area contributed by atoms with Crippen molar-refractivity contribution in [1.82, 2.24) is 4.98 Å². The van der Waals surface area contributed by atoms with Gasteiger partial charge in [0.15, 0.2) is 5.78 Å². The second-order valence-corrected chi connectivity index (χ2v) is 3.81. The van der Waals surface area contributed by atoms with Gasteiger partial charge in [-0.2, -0.15) is 5.26 Å². The summed E-state index contributed by atoms with van der Waals surface area (Å²) in [6, 6.07) is 5.91. The molecule has 1 heterocycles. The van der Waals surface area contributed by atoms with Gasteiger partial charge in [0.1, 0.15) is 5.69 Å². The molecule has 0 aromatic carbocycles. The molecule has 1 aliphatic rings. The van der Waals surface area contributed by atoms with Crippen LogP contribution in [-0.2, 0) is 6.42 Å². The molecule has 0 unspecified atom stereocenters. The van der Waals surface area contributed by atoms with E-state index in [0.717, 1.165) is 18.4 Å². The molecule has 0 radical (unpaired) electrons. The molecule has 0 saturated carbocycles. The van der Waals surface area contributed by atoms with E-state index in [4.69, 9.17) is 5.26 Å². The van der Waals surface area contributed by atoms with Crippen LogP contribution in [0, 0.1) is 17.2 Å². The van der Waals surface area contributed by atoms with Gasteiger partial charge in [-0.3, -0.25) is 9.78 Å². The number of aromatic nitrogens is 1. The SMILES string of the molecule is N#CCC[C@H]1CCc2cccnc2C1=O. The number of fused-ring (bicyclic) bond motifs is 1. The van der Waals surface area contributed by atoms with E-state index in [9.17, 15) is 4.79 Å². The predicted molar refractivity (Wildman–Crippen MR) is 55.2 cm³/mol. The number of rotatable bonds is 2. The van der Waals surface area contributed by atoms with E-state index < -0.39 is 0 Å². The van der Waals surface area contributed by atoms with E-state index in [1.54, 1.807) is 6.20 Å². The molecule has 0 bridgehead atoms. The van der Waals surface area contributed by atoms with Crippen LogP contribution in [0.25, 0.3) is 0 Å². The number of ketones is 1. The average molecular weight is 200 g/mol. The standard InChI is InChI=1S/C12H12N2O/c13-7-1-3-10-6-5-9-4-2-8-14-11(9)12(10)15/h2,4,8,10H,1,3,5-6H2/t10-/m0/s1. The fourth-order valence-electron chi connectivity index (χ4n) is 2.03. The number of hydrogen-bond acceptors (Lipinski definition) is 3. The number of carbonyl (C=O) groups excluding carboxylic acids is 1. The fourth-order valence-corrected chi connectivity index (χ4v) is 2.03. The summed E-state index contributed by atoms with van der Waals surface area (Å²) in [4.78, 5) is 16.1. The van der Waals surface area contributed by atoms with Gasteiger partial charge in [-0.15, -0.1) is 0 Å². The van der Waals surface area contributed by atoms with Crippen LogP contribution in [0.2, 0.25) is 0 Å². The van der Waals surface area contributed by atoms with Crippen LogP contribution in [-0.4, -0.2) is 10.8 Å². The van der Waals surface area contributed by atoms with Crippen LogP contribution in [0.1, 0.15) is 35.3 Å². The van der Waals surface area contributed by atoms with Crippen LogP contribution < -0.4 is 0 Å². The lowest BCUT2D eigenvalue weighted by Crippen LogP contribution is -2.23. The summed E-state index contributed by atoms with van der Waals surface area (Å²) >= 11 is 0. The van der Waals surface area contributed by atoms with Crippen molar-refractivity contribution in [3.05, 3.63) is 29.6 Å². The Labute approximate surface area is 88.8 Å². The Morgan fingerprint density at radius 2 is 2.47 bits per heavy atom. The van der Waals surface area contributed by atoms with Crippen LogP contribution in [0.5, 0.6) is 0 Å². The summed E-state index contributed by atoms with van der Waals surface area (Å²) in [7, 11) is 0. The fraction of sp³-hybridized carbons (Fsp3) is 0.417. The largest absolute Gasteiger partial charge is 0.292 e. The monoisotopic (exact) mass is 200 g/mol. The summed E-state index contributed by atoms with van der Waals surface area (Å²) in [6.45, 7) is 0. The topological polar surface area (TPSA) is 53.8 Å². The smallest absolute Gasteiger partial charge is 0.184 e. The molecular formula is C12H12N2O. The molecule has 1 aliphatic carbocycles. The molecule has 3 nitrogen and oxygen atoms in total. The van der Waals surface area contributed by atoms with Gasteiger partial charge in [-0.1, -0.05) is 6.07 Å². The minimum Gasteiger partial charge on any atom is -0.292 e. The minimum atomic E-state index is 0.00653. The number of nitrogens with zero attached hydrogens (tertiary/aromatic N) is 2. The van der Waals surface area contributed by atoms with E-state index in [2.05, 4.69) is 11.1 Å². The van der Waals surface area contributed by atoms with Gasteiger partial charge in [0.05, 0.1) is 6.07 Å². The Kier molecular flexibility index (Phi) is 2.77. The van der Waals surface area contributed by atoms with Gasteiger partial charge in [-0.25, -0.2) is 0 Å². The van der Waals surface area contributed by atoms with Crippen molar-refractivity contribution in [1.29, 1.82) is 5.26 Å². The molecule has 1 aromatic rings. The third-order valence-electron chi connectivity index (χ3n) is 2.86. The number of carbonyl (C=O) groups is 1. The molecule has 0 spiro atoms. The molecule has 15 heavy (non-hydrogen) atoms.